The van der Waals surface area contributed by atoms with E-state index in [4.69, 9.17) is 17.3 Å². The summed E-state index contributed by atoms with van der Waals surface area (Å²) in [6.07, 6.45) is 0. The van der Waals surface area contributed by atoms with Crippen LogP contribution in [0.4, 0.5) is 5.69 Å². The van der Waals surface area contributed by atoms with Crippen molar-refractivity contribution in [1.29, 1.82) is 0 Å². The average molecular weight is 455 g/mol. The topological polar surface area (TPSA) is 72.2 Å². The van der Waals surface area contributed by atoms with Crippen molar-refractivity contribution in [2.45, 2.75) is 11.4 Å². The fourth-order valence-corrected chi connectivity index (χ4v) is 4.54. The van der Waals surface area contributed by atoms with Crippen LogP contribution in [0, 0.1) is 0 Å². The van der Waals surface area contributed by atoms with Crippen molar-refractivity contribution in [3.05, 3.63) is 55.9 Å². The smallest absolute Gasteiger partial charge is 0.263 e. The van der Waals surface area contributed by atoms with E-state index in [1.165, 1.54) is 6.07 Å². The molecule has 0 saturated carbocycles. The van der Waals surface area contributed by atoms with Gasteiger partial charge in [-0.2, -0.15) is 0 Å². The van der Waals surface area contributed by atoms with Gasteiger partial charge >= 0.3 is 0 Å². The van der Waals surface area contributed by atoms with Crippen LogP contribution >= 0.6 is 43.5 Å². The van der Waals surface area contributed by atoms with Crippen LogP contribution < -0.4 is 10.5 Å². The Labute approximate surface area is 145 Å². The molecule has 2 aromatic rings. The maximum atomic E-state index is 12.4. The number of nitrogens with one attached hydrogen (secondary N) is 1. The van der Waals surface area contributed by atoms with E-state index >= 15 is 0 Å². The zero-order valence-corrected chi connectivity index (χ0v) is 15.4. The molecule has 3 N–H and O–H groups in total. The predicted octanol–water partition coefficient (Wildman–Crippen LogP) is 4.12. The number of anilines is 1. The van der Waals surface area contributed by atoms with Gasteiger partial charge in [0, 0.05) is 11.0 Å². The van der Waals surface area contributed by atoms with Crippen LogP contribution in [0.3, 0.4) is 0 Å². The Hall–Kier alpha value is -0.600. The van der Waals surface area contributed by atoms with Crippen LogP contribution in [0.5, 0.6) is 0 Å². The van der Waals surface area contributed by atoms with Crippen LogP contribution in [-0.4, -0.2) is 8.42 Å². The lowest BCUT2D eigenvalue weighted by molar-refractivity contribution is 0.600. The summed E-state index contributed by atoms with van der Waals surface area (Å²) in [6, 6.07) is 9.81. The van der Waals surface area contributed by atoms with Crippen molar-refractivity contribution in [3.63, 3.8) is 0 Å². The maximum Gasteiger partial charge on any atom is 0.263 e. The summed E-state index contributed by atoms with van der Waals surface area (Å²) in [5, 5.41) is 0.424. The summed E-state index contributed by atoms with van der Waals surface area (Å²) in [4.78, 5) is 0.131. The van der Waals surface area contributed by atoms with E-state index in [-0.39, 0.29) is 4.90 Å². The molecule has 0 aliphatic rings. The van der Waals surface area contributed by atoms with Crippen LogP contribution in [0.25, 0.3) is 0 Å². The van der Waals surface area contributed by atoms with Gasteiger partial charge in [0.05, 0.1) is 15.2 Å². The highest BCUT2D eigenvalue weighted by Crippen LogP contribution is 2.32. The van der Waals surface area contributed by atoms with E-state index in [0.717, 1.165) is 5.56 Å². The Bertz CT molecular complexity index is 782. The first kappa shape index (κ1) is 16.8. The summed E-state index contributed by atoms with van der Waals surface area (Å²) < 4.78 is 28.3. The number of hydrogen-bond donors (Lipinski definition) is 2. The van der Waals surface area contributed by atoms with Gasteiger partial charge in [0.1, 0.15) is 4.90 Å². The molecule has 8 heteroatoms. The molecule has 0 bridgehead atoms. The normalized spacial score (nSPS) is 11.4. The number of nitrogens with two attached hydrogens (primary N) is 1. The molecule has 2 rings (SSSR count). The summed E-state index contributed by atoms with van der Waals surface area (Å²) in [7, 11) is -3.73. The SMILES string of the molecule is NCc1ccc(S(=O)(=O)Nc2cccc(Cl)c2Br)c(Br)c1. The van der Waals surface area contributed by atoms with Crippen LogP contribution in [0.1, 0.15) is 5.56 Å². The van der Waals surface area contributed by atoms with Crippen molar-refractivity contribution < 1.29 is 8.42 Å². The number of rotatable bonds is 4. The molecule has 112 valence electrons. The quantitative estimate of drug-likeness (QED) is 0.730. The number of sulfonamides is 1. The van der Waals surface area contributed by atoms with Gasteiger partial charge in [-0.25, -0.2) is 8.42 Å². The largest absolute Gasteiger partial charge is 0.326 e. The fourth-order valence-electron chi connectivity index (χ4n) is 1.67. The monoisotopic (exact) mass is 452 g/mol. The van der Waals surface area contributed by atoms with E-state index in [1.807, 2.05) is 0 Å². The van der Waals surface area contributed by atoms with E-state index in [9.17, 15) is 8.42 Å². The molecule has 2 aromatic carbocycles. The summed E-state index contributed by atoms with van der Waals surface area (Å²) in [5.74, 6) is 0. The minimum Gasteiger partial charge on any atom is -0.326 e. The molecule has 0 spiro atoms. The molecule has 21 heavy (non-hydrogen) atoms. The second-order valence-electron chi connectivity index (χ2n) is 4.18. The Balaban J connectivity index is 2.41. The molecular formula is C13H11Br2ClN2O2S. The number of hydrogen-bond acceptors (Lipinski definition) is 3. The molecule has 0 saturated heterocycles. The van der Waals surface area contributed by atoms with Gasteiger partial charge in [-0.3, -0.25) is 4.72 Å². The van der Waals surface area contributed by atoms with E-state index < -0.39 is 10.0 Å². The van der Waals surface area contributed by atoms with E-state index in [2.05, 4.69) is 36.6 Å². The Kier molecular flexibility index (Phi) is 5.32. The minimum atomic E-state index is -3.73. The number of halogens is 3. The summed E-state index contributed by atoms with van der Waals surface area (Å²) >= 11 is 12.5. The van der Waals surface area contributed by atoms with Crippen molar-refractivity contribution >= 4 is 59.2 Å². The second-order valence-corrected chi connectivity index (χ2v) is 7.88. The Morgan fingerprint density at radius 1 is 1.19 bits per heavy atom. The van der Waals surface area contributed by atoms with Crippen molar-refractivity contribution in [2.24, 2.45) is 5.73 Å². The van der Waals surface area contributed by atoms with E-state index in [1.54, 1.807) is 30.3 Å². The molecule has 0 atom stereocenters. The lowest BCUT2D eigenvalue weighted by Gasteiger charge is -2.12. The summed E-state index contributed by atoms with van der Waals surface area (Å²) in [6.45, 7) is 0.339. The van der Waals surface area contributed by atoms with Gasteiger partial charge in [0.15, 0.2) is 0 Å². The van der Waals surface area contributed by atoms with E-state index in [0.29, 0.717) is 26.2 Å². The Morgan fingerprint density at radius 3 is 2.52 bits per heavy atom. The lowest BCUT2D eigenvalue weighted by Crippen LogP contribution is -2.14. The van der Waals surface area contributed by atoms with Gasteiger partial charge in [0.2, 0.25) is 0 Å². The first-order chi connectivity index (χ1) is 9.85. The lowest BCUT2D eigenvalue weighted by atomic mass is 10.2. The summed E-state index contributed by atoms with van der Waals surface area (Å²) in [5.41, 5.74) is 6.74. The zero-order valence-electron chi connectivity index (χ0n) is 10.6. The van der Waals surface area contributed by atoms with Gasteiger partial charge in [-0.1, -0.05) is 23.7 Å². The van der Waals surface area contributed by atoms with Crippen LogP contribution in [0.15, 0.2) is 50.2 Å². The number of benzene rings is 2. The molecule has 0 aliphatic carbocycles. The van der Waals surface area contributed by atoms with Crippen molar-refractivity contribution in [2.75, 3.05) is 4.72 Å². The van der Waals surface area contributed by atoms with Crippen molar-refractivity contribution in [3.8, 4) is 0 Å². The van der Waals surface area contributed by atoms with Crippen LogP contribution in [0.2, 0.25) is 5.02 Å². The molecule has 0 unspecified atom stereocenters. The molecular weight excluding hydrogens is 443 g/mol. The van der Waals surface area contributed by atoms with Crippen LogP contribution in [-0.2, 0) is 16.6 Å². The molecule has 4 nitrogen and oxygen atoms in total. The van der Waals surface area contributed by atoms with Gasteiger partial charge in [-0.15, -0.1) is 0 Å². The van der Waals surface area contributed by atoms with Crippen molar-refractivity contribution in [1.82, 2.24) is 0 Å². The van der Waals surface area contributed by atoms with Gasteiger partial charge in [-0.05, 0) is 61.7 Å². The Morgan fingerprint density at radius 2 is 1.90 bits per heavy atom. The highest BCUT2D eigenvalue weighted by atomic mass is 79.9. The predicted molar refractivity (Wildman–Crippen MR) is 92.0 cm³/mol. The minimum absolute atomic E-state index is 0.131. The third-order valence-corrected chi connectivity index (χ3v) is 6.46. The molecule has 0 amide bonds. The maximum absolute atomic E-state index is 12.4. The zero-order chi connectivity index (χ0) is 15.6. The first-order valence-corrected chi connectivity index (χ1v) is 9.25. The molecule has 0 heterocycles. The van der Waals surface area contributed by atoms with Gasteiger partial charge < -0.3 is 5.73 Å². The third-order valence-electron chi connectivity index (χ3n) is 2.72. The highest BCUT2D eigenvalue weighted by molar-refractivity contribution is 9.11. The third kappa shape index (κ3) is 3.78. The second kappa shape index (κ2) is 6.66. The standard InChI is InChI=1S/C13H11Br2ClN2O2S/c14-9-6-8(7-17)4-5-12(9)21(19,20)18-11-3-1-2-10(16)13(11)15/h1-6,18H,7,17H2. The molecule has 0 aromatic heterocycles. The first-order valence-electron chi connectivity index (χ1n) is 5.80. The molecule has 0 radical (unpaired) electrons. The highest BCUT2D eigenvalue weighted by Gasteiger charge is 2.19. The van der Waals surface area contributed by atoms with Gasteiger partial charge in [0.25, 0.3) is 10.0 Å². The molecule has 0 aliphatic heterocycles. The molecule has 0 fully saturated rings. The average Bonchev–Trinajstić information content (AvgIpc) is 2.43. The fraction of sp³-hybridized carbons (Fsp3) is 0.0769.